The van der Waals surface area contributed by atoms with Crippen LogP contribution in [0, 0.1) is 0 Å². The molecule has 1 saturated heterocycles. The smallest absolute Gasteiger partial charge is 0.318 e. The Hall–Kier alpha value is -2.34. The van der Waals surface area contributed by atoms with E-state index in [0.717, 1.165) is 25.2 Å². The molecule has 2 heterocycles. The van der Waals surface area contributed by atoms with Crippen LogP contribution in [0.2, 0.25) is 0 Å². The quantitative estimate of drug-likeness (QED) is 0.877. The van der Waals surface area contributed by atoms with E-state index in [2.05, 4.69) is 46.1 Å². The Bertz CT molecular complexity index is 671. The van der Waals surface area contributed by atoms with Gasteiger partial charge in [-0.25, -0.2) is 9.78 Å². The van der Waals surface area contributed by atoms with E-state index in [1.165, 1.54) is 5.56 Å². The number of urea groups is 1. The van der Waals surface area contributed by atoms with E-state index in [4.69, 9.17) is 4.74 Å². The van der Waals surface area contributed by atoms with Gasteiger partial charge in [0.05, 0.1) is 25.8 Å². The van der Waals surface area contributed by atoms with Gasteiger partial charge in [0.25, 0.3) is 0 Å². The molecule has 134 valence electrons. The molecule has 6 heteroatoms. The monoisotopic (exact) mass is 342 g/mol. The van der Waals surface area contributed by atoms with Gasteiger partial charge in [0, 0.05) is 25.5 Å². The number of ether oxygens (including phenoxy) is 1. The molecule has 2 amide bonds. The predicted molar refractivity (Wildman–Crippen MR) is 96.2 cm³/mol. The number of carbonyl (C=O) groups is 1. The first-order valence-electron chi connectivity index (χ1n) is 8.94. The third-order valence-corrected chi connectivity index (χ3v) is 4.64. The molecule has 1 aromatic heterocycles. The van der Waals surface area contributed by atoms with Gasteiger partial charge in [0.15, 0.2) is 0 Å². The zero-order valence-electron chi connectivity index (χ0n) is 14.7. The van der Waals surface area contributed by atoms with Gasteiger partial charge >= 0.3 is 6.03 Å². The van der Waals surface area contributed by atoms with Crippen LogP contribution in [-0.4, -0.2) is 46.3 Å². The van der Waals surface area contributed by atoms with Crippen LogP contribution in [0.3, 0.4) is 0 Å². The van der Waals surface area contributed by atoms with Crippen molar-refractivity contribution in [2.24, 2.45) is 0 Å². The number of benzene rings is 1. The van der Waals surface area contributed by atoms with Crippen molar-refractivity contribution in [1.82, 2.24) is 19.8 Å². The largest absolute Gasteiger partial charge is 0.377 e. The second-order valence-corrected chi connectivity index (χ2v) is 6.26. The van der Waals surface area contributed by atoms with Crippen LogP contribution in [0.5, 0.6) is 0 Å². The number of rotatable bonds is 6. The summed E-state index contributed by atoms with van der Waals surface area (Å²) in [6, 6.07) is 10.5. The van der Waals surface area contributed by atoms with E-state index in [1.807, 2.05) is 17.2 Å². The Labute approximate surface area is 148 Å². The maximum absolute atomic E-state index is 12.5. The molecule has 1 atom stereocenters. The summed E-state index contributed by atoms with van der Waals surface area (Å²) in [6.07, 6.45) is 5.60. The van der Waals surface area contributed by atoms with Crippen molar-refractivity contribution in [2.75, 3.05) is 19.8 Å². The Morgan fingerprint density at radius 2 is 2.20 bits per heavy atom. The van der Waals surface area contributed by atoms with E-state index in [0.29, 0.717) is 26.3 Å². The van der Waals surface area contributed by atoms with Gasteiger partial charge in [-0.05, 0) is 18.4 Å². The molecule has 1 fully saturated rings. The third-order valence-electron chi connectivity index (χ3n) is 4.64. The lowest BCUT2D eigenvalue weighted by Gasteiger charge is -2.35. The highest BCUT2D eigenvalue weighted by molar-refractivity contribution is 5.74. The lowest BCUT2D eigenvalue weighted by Crippen LogP contribution is -2.52. The fourth-order valence-corrected chi connectivity index (χ4v) is 3.12. The molecule has 1 aliphatic heterocycles. The third kappa shape index (κ3) is 4.60. The first kappa shape index (κ1) is 17.5. The molecule has 0 unspecified atom stereocenters. The van der Waals surface area contributed by atoms with E-state index >= 15 is 0 Å². The van der Waals surface area contributed by atoms with E-state index < -0.39 is 0 Å². The van der Waals surface area contributed by atoms with E-state index in [1.54, 1.807) is 6.20 Å². The van der Waals surface area contributed by atoms with Crippen molar-refractivity contribution in [3.8, 4) is 0 Å². The van der Waals surface area contributed by atoms with Gasteiger partial charge in [0.1, 0.15) is 5.82 Å². The number of aromatic nitrogens is 2. The maximum Gasteiger partial charge on any atom is 0.318 e. The number of carbonyl (C=O) groups excluding carboxylic acids is 1. The molecule has 1 aromatic carbocycles. The molecule has 0 saturated carbocycles. The molecule has 6 nitrogen and oxygen atoms in total. The molecular weight excluding hydrogens is 316 g/mol. The Balaban J connectivity index is 1.53. The standard InChI is InChI=1S/C19H26N4O2/c1-2-17-15-25-13-12-23(17)19(24)21-14-18-20-9-11-22(18)10-8-16-6-4-3-5-7-16/h3-7,9,11,17H,2,8,10,12-15H2,1H3,(H,21,24)/t17-/m1/s1. The summed E-state index contributed by atoms with van der Waals surface area (Å²) in [5.74, 6) is 0.880. The van der Waals surface area contributed by atoms with Gasteiger partial charge in [-0.3, -0.25) is 0 Å². The second kappa shape index (κ2) is 8.67. The highest BCUT2D eigenvalue weighted by Crippen LogP contribution is 2.11. The zero-order chi connectivity index (χ0) is 17.5. The Morgan fingerprint density at radius 1 is 1.36 bits per heavy atom. The summed E-state index contributed by atoms with van der Waals surface area (Å²) >= 11 is 0. The molecule has 1 N–H and O–H groups in total. The van der Waals surface area contributed by atoms with Gasteiger partial charge in [-0.15, -0.1) is 0 Å². The summed E-state index contributed by atoms with van der Waals surface area (Å²) in [4.78, 5) is 18.7. The average Bonchev–Trinajstić information content (AvgIpc) is 3.12. The van der Waals surface area contributed by atoms with Gasteiger partial charge in [-0.1, -0.05) is 37.3 Å². The number of imidazole rings is 1. The lowest BCUT2D eigenvalue weighted by atomic mass is 10.1. The number of aryl methyl sites for hydroxylation is 2. The van der Waals surface area contributed by atoms with Gasteiger partial charge < -0.3 is 19.5 Å². The molecule has 2 aromatic rings. The maximum atomic E-state index is 12.5. The van der Waals surface area contributed by atoms with Crippen molar-refractivity contribution in [3.63, 3.8) is 0 Å². The minimum atomic E-state index is -0.0345. The van der Waals surface area contributed by atoms with Crippen LogP contribution in [0.15, 0.2) is 42.7 Å². The SMILES string of the molecule is CC[C@@H]1COCCN1C(=O)NCc1nccn1CCc1ccccc1. The van der Waals surface area contributed by atoms with Crippen LogP contribution < -0.4 is 5.32 Å². The molecule has 0 spiro atoms. The average molecular weight is 342 g/mol. The molecule has 1 aliphatic rings. The number of nitrogens with one attached hydrogen (secondary N) is 1. The molecule has 0 aliphatic carbocycles. The van der Waals surface area contributed by atoms with E-state index in [-0.39, 0.29) is 12.1 Å². The fourth-order valence-electron chi connectivity index (χ4n) is 3.12. The Kier molecular flexibility index (Phi) is 6.06. The number of hydrogen-bond donors (Lipinski definition) is 1. The number of morpholine rings is 1. The summed E-state index contributed by atoms with van der Waals surface area (Å²) in [6.45, 7) is 5.24. The normalized spacial score (nSPS) is 17.5. The van der Waals surface area contributed by atoms with Crippen LogP contribution in [0.1, 0.15) is 24.7 Å². The first-order valence-corrected chi connectivity index (χ1v) is 8.94. The van der Waals surface area contributed by atoms with Crippen LogP contribution in [0.25, 0.3) is 0 Å². The highest BCUT2D eigenvalue weighted by atomic mass is 16.5. The fraction of sp³-hybridized carbons (Fsp3) is 0.474. The van der Waals surface area contributed by atoms with Crippen molar-refractivity contribution < 1.29 is 9.53 Å². The summed E-state index contributed by atoms with van der Waals surface area (Å²) in [5.41, 5.74) is 1.30. The first-order chi connectivity index (χ1) is 12.3. The van der Waals surface area contributed by atoms with Crippen LogP contribution >= 0.6 is 0 Å². The van der Waals surface area contributed by atoms with Crippen molar-refractivity contribution in [1.29, 1.82) is 0 Å². The van der Waals surface area contributed by atoms with Crippen LogP contribution in [0.4, 0.5) is 4.79 Å². The van der Waals surface area contributed by atoms with Crippen molar-refractivity contribution in [3.05, 3.63) is 54.1 Å². The second-order valence-electron chi connectivity index (χ2n) is 6.26. The highest BCUT2D eigenvalue weighted by Gasteiger charge is 2.25. The minimum absolute atomic E-state index is 0.0345. The molecular formula is C19H26N4O2. The zero-order valence-corrected chi connectivity index (χ0v) is 14.7. The molecule has 0 bridgehead atoms. The minimum Gasteiger partial charge on any atom is -0.377 e. The van der Waals surface area contributed by atoms with Crippen LogP contribution in [-0.2, 0) is 24.2 Å². The number of hydrogen-bond acceptors (Lipinski definition) is 3. The summed E-state index contributed by atoms with van der Waals surface area (Å²) in [7, 11) is 0. The van der Waals surface area contributed by atoms with Gasteiger partial charge in [-0.2, -0.15) is 0 Å². The number of amides is 2. The number of nitrogens with zero attached hydrogens (tertiary/aromatic N) is 3. The van der Waals surface area contributed by atoms with Crippen molar-refractivity contribution >= 4 is 6.03 Å². The topological polar surface area (TPSA) is 59.4 Å². The summed E-state index contributed by atoms with van der Waals surface area (Å²) in [5, 5.41) is 3.01. The molecule has 3 rings (SSSR count). The van der Waals surface area contributed by atoms with E-state index in [9.17, 15) is 4.79 Å². The van der Waals surface area contributed by atoms with Gasteiger partial charge in [0.2, 0.25) is 0 Å². The van der Waals surface area contributed by atoms with Crippen molar-refractivity contribution in [2.45, 2.75) is 38.9 Å². The summed E-state index contributed by atoms with van der Waals surface area (Å²) < 4.78 is 7.56. The Morgan fingerprint density at radius 3 is 3.00 bits per heavy atom. The lowest BCUT2D eigenvalue weighted by molar-refractivity contribution is 0.0112. The molecule has 25 heavy (non-hydrogen) atoms. The predicted octanol–water partition coefficient (Wildman–Crippen LogP) is 2.45. The molecule has 0 radical (unpaired) electrons.